The molecule has 0 aliphatic carbocycles. The zero-order valence-electron chi connectivity index (χ0n) is 14.0. The lowest BCUT2D eigenvalue weighted by atomic mass is 10.0. The summed E-state index contributed by atoms with van der Waals surface area (Å²) >= 11 is 0. The molecule has 0 saturated carbocycles. The fourth-order valence-electron chi connectivity index (χ4n) is 3.43. The first kappa shape index (κ1) is 17.0. The van der Waals surface area contributed by atoms with Gasteiger partial charge in [0, 0.05) is 12.6 Å². The average Bonchev–Trinajstić information content (AvgIpc) is 3.27. The number of furan rings is 1. The number of hydrogen-bond donors (Lipinski definition) is 2. The van der Waals surface area contributed by atoms with Crippen LogP contribution >= 0.6 is 0 Å². The van der Waals surface area contributed by atoms with E-state index in [4.69, 9.17) is 9.15 Å². The van der Waals surface area contributed by atoms with Gasteiger partial charge in [-0.15, -0.1) is 0 Å². The van der Waals surface area contributed by atoms with Gasteiger partial charge < -0.3 is 19.4 Å². The van der Waals surface area contributed by atoms with E-state index >= 15 is 0 Å². The highest BCUT2D eigenvalue weighted by atomic mass is 16.5. The van der Waals surface area contributed by atoms with Gasteiger partial charge >= 0.3 is 0 Å². The molecule has 1 fully saturated rings. The Bertz CT molecular complexity index is 628. The van der Waals surface area contributed by atoms with Crippen LogP contribution in [0.2, 0.25) is 0 Å². The first-order valence-electron chi connectivity index (χ1n) is 8.45. The Morgan fingerprint density at radius 1 is 1.25 bits per heavy atom. The normalized spacial score (nSPS) is 20.9. The highest BCUT2D eigenvalue weighted by Crippen LogP contribution is 2.29. The molecule has 1 aliphatic rings. The Labute approximate surface area is 142 Å². The molecule has 0 amide bonds. The number of nitrogens with zero attached hydrogens (tertiary/aromatic N) is 1. The van der Waals surface area contributed by atoms with E-state index in [0.29, 0.717) is 18.7 Å². The second-order valence-electron chi connectivity index (χ2n) is 6.35. The molecule has 2 aromatic rings. The Balaban J connectivity index is 1.60. The van der Waals surface area contributed by atoms with E-state index in [2.05, 4.69) is 4.90 Å². The minimum Gasteiger partial charge on any atom is -0.497 e. The lowest BCUT2D eigenvalue weighted by molar-refractivity contribution is 0.0707. The third-order valence-corrected chi connectivity index (χ3v) is 4.75. The number of aliphatic hydroxyl groups is 2. The molecule has 0 radical (unpaired) electrons. The van der Waals surface area contributed by atoms with Gasteiger partial charge in [-0.3, -0.25) is 4.90 Å². The first-order chi connectivity index (χ1) is 11.7. The van der Waals surface area contributed by atoms with Crippen LogP contribution in [0.3, 0.4) is 0 Å². The van der Waals surface area contributed by atoms with Gasteiger partial charge in [0.2, 0.25) is 0 Å². The molecule has 3 rings (SSSR count). The third kappa shape index (κ3) is 3.98. The predicted octanol–water partition coefficient (Wildman–Crippen LogP) is 2.91. The zero-order chi connectivity index (χ0) is 16.9. The summed E-state index contributed by atoms with van der Waals surface area (Å²) in [5, 5.41) is 20.9. The lowest BCUT2D eigenvalue weighted by Gasteiger charge is -2.28. The number of rotatable bonds is 7. The summed E-state index contributed by atoms with van der Waals surface area (Å²) in [7, 11) is 1.62. The molecule has 3 unspecified atom stereocenters. The molecule has 1 aliphatic heterocycles. The maximum Gasteiger partial charge on any atom is 0.132 e. The molecular weight excluding hydrogens is 306 g/mol. The van der Waals surface area contributed by atoms with Gasteiger partial charge in [-0.05, 0) is 55.6 Å². The van der Waals surface area contributed by atoms with Crippen molar-refractivity contribution in [1.29, 1.82) is 0 Å². The number of aliphatic hydroxyl groups excluding tert-OH is 2. The van der Waals surface area contributed by atoms with E-state index in [-0.39, 0.29) is 6.04 Å². The van der Waals surface area contributed by atoms with Crippen molar-refractivity contribution < 1.29 is 19.4 Å². The van der Waals surface area contributed by atoms with Crippen LogP contribution in [0.15, 0.2) is 47.1 Å². The summed E-state index contributed by atoms with van der Waals surface area (Å²) < 4.78 is 10.5. The second kappa shape index (κ2) is 7.83. The summed E-state index contributed by atoms with van der Waals surface area (Å²) in [6.07, 6.45) is 3.15. The van der Waals surface area contributed by atoms with Crippen LogP contribution in [-0.4, -0.2) is 41.4 Å². The molecule has 1 aromatic heterocycles. The maximum atomic E-state index is 10.6. The lowest BCUT2D eigenvalue weighted by Crippen LogP contribution is -2.34. The summed E-state index contributed by atoms with van der Waals surface area (Å²) in [6, 6.07) is 11.4. The third-order valence-electron chi connectivity index (χ3n) is 4.75. The fraction of sp³-hybridized carbons (Fsp3) is 0.474. The topological polar surface area (TPSA) is 66.1 Å². The minimum atomic E-state index is -0.598. The van der Waals surface area contributed by atoms with Gasteiger partial charge in [0.25, 0.3) is 0 Å². The van der Waals surface area contributed by atoms with E-state index in [9.17, 15) is 10.2 Å². The van der Waals surface area contributed by atoms with Crippen LogP contribution in [0.4, 0.5) is 0 Å². The highest BCUT2D eigenvalue weighted by Gasteiger charge is 2.29. The van der Waals surface area contributed by atoms with Crippen molar-refractivity contribution in [2.45, 2.75) is 37.5 Å². The van der Waals surface area contributed by atoms with Crippen molar-refractivity contribution in [3.8, 4) is 5.75 Å². The molecule has 5 nitrogen and oxygen atoms in total. The summed E-state index contributed by atoms with van der Waals surface area (Å²) in [5.41, 5.74) is 0.853. The van der Waals surface area contributed by atoms with Crippen molar-refractivity contribution >= 4 is 0 Å². The van der Waals surface area contributed by atoms with Crippen molar-refractivity contribution in [1.82, 2.24) is 4.90 Å². The highest BCUT2D eigenvalue weighted by molar-refractivity contribution is 5.30. The van der Waals surface area contributed by atoms with Crippen molar-refractivity contribution in [3.63, 3.8) is 0 Å². The number of benzene rings is 1. The van der Waals surface area contributed by atoms with Crippen molar-refractivity contribution in [2.24, 2.45) is 0 Å². The summed E-state index contributed by atoms with van der Waals surface area (Å²) in [6.45, 7) is 1.50. The number of hydrogen-bond acceptors (Lipinski definition) is 5. The average molecular weight is 331 g/mol. The fourth-order valence-corrected chi connectivity index (χ4v) is 3.43. The second-order valence-corrected chi connectivity index (χ2v) is 6.35. The summed E-state index contributed by atoms with van der Waals surface area (Å²) in [5.74, 6) is 1.35. The SMILES string of the molecule is COc1cccc(C(O)CN2CCCC2CC(O)c2ccco2)c1. The molecule has 2 N–H and O–H groups in total. The van der Waals surface area contributed by atoms with Gasteiger partial charge in [-0.25, -0.2) is 0 Å². The van der Waals surface area contributed by atoms with E-state index in [0.717, 1.165) is 30.7 Å². The largest absolute Gasteiger partial charge is 0.497 e. The monoisotopic (exact) mass is 331 g/mol. The molecular formula is C19H25NO4. The van der Waals surface area contributed by atoms with Crippen LogP contribution in [0.5, 0.6) is 5.75 Å². The van der Waals surface area contributed by atoms with E-state index in [1.54, 1.807) is 25.5 Å². The van der Waals surface area contributed by atoms with Crippen molar-refractivity contribution in [2.75, 3.05) is 20.2 Å². The van der Waals surface area contributed by atoms with Crippen LogP contribution in [0, 0.1) is 0 Å². The van der Waals surface area contributed by atoms with E-state index in [1.165, 1.54) is 0 Å². The molecule has 0 spiro atoms. The predicted molar refractivity (Wildman–Crippen MR) is 90.8 cm³/mol. The number of β-amino-alcohol motifs (C(OH)–C–C–N with tert-alkyl or cyclic N) is 1. The number of methoxy groups -OCH3 is 1. The molecule has 0 bridgehead atoms. The number of ether oxygens (including phenoxy) is 1. The van der Waals surface area contributed by atoms with Crippen LogP contribution < -0.4 is 4.74 Å². The molecule has 2 heterocycles. The molecule has 5 heteroatoms. The smallest absolute Gasteiger partial charge is 0.132 e. The van der Waals surface area contributed by atoms with Gasteiger partial charge in [0.15, 0.2) is 0 Å². The van der Waals surface area contributed by atoms with E-state index < -0.39 is 12.2 Å². The molecule has 1 saturated heterocycles. The maximum absolute atomic E-state index is 10.6. The first-order valence-corrected chi connectivity index (χ1v) is 8.45. The zero-order valence-corrected chi connectivity index (χ0v) is 14.0. The molecule has 130 valence electrons. The molecule has 1 aromatic carbocycles. The Morgan fingerprint density at radius 3 is 2.88 bits per heavy atom. The van der Waals surface area contributed by atoms with Gasteiger partial charge in [0.1, 0.15) is 17.6 Å². The van der Waals surface area contributed by atoms with Gasteiger partial charge in [0.05, 0.1) is 19.5 Å². The Morgan fingerprint density at radius 2 is 2.12 bits per heavy atom. The Hall–Kier alpha value is -1.82. The van der Waals surface area contributed by atoms with Gasteiger partial charge in [-0.1, -0.05) is 12.1 Å². The van der Waals surface area contributed by atoms with Gasteiger partial charge in [-0.2, -0.15) is 0 Å². The van der Waals surface area contributed by atoms with Crippen molar-refractivity contribution in [3.05, 3.63) is 54.0 Å². The van der Waals surface area contributed by atoms with Crippen LogP contribution in [0.1, 0.15) is 42.8 Å². The van der Waals surface area contributed by atoms with Crippen LogP contribution in [-0.2, 0) is 0 Å². The molecule has 24 heavy (non-hydrogen) atoms. The summed E-state index contributed by atoms with van der Waals surface area (Å²) in [4.78, 5) is 2.26. The molecule has 3 atom stereocenters. The Kier molecular flexibility index (Phi) is 5.56. The number of likely N-dealkylation sites (tertiary alicyclic amines) is 1. The quantitative estimate of drug-likeness (QED) is 0.817. The minimum absolute atomic E-state index is 0.255. The van der Waals surface area contributed by atoms with Crippen LogP contribution in [0.25, 0.3) is 0 Å². The standard InChI is InChI=1S/C19H25NO4/c1-23-16-7-2-5-14(11-16)18(22)13-20-9-3-6-15(20)12-17(21)19-8-4-10-24-19/h2,4-5,7-8,10-11,15,17-18,21-22H,3,6,9,12-13H2,1H3. The van der Waals surface area contributed by atoms with E-state index in [1.807, 2.05) is 24.3 Å².